The number of nitrogen functional groups attached to an aromatic ring is 1. The van der Waals surface area contributed by atoms with Crippen molar-refractivity contribution in [2.75, 3.05) is 24.4 Å². The average molecular weight is 281 g/mol. The van der Waals surface area contributed by atoms with Crippen LogP contribution in [0.15, 0.2) is 24.3 Å². The molecule has 0 saturated heterocycles. The molecule has 0 amide bonds. The summed E-state index contributed by atoms with van der Waals surface area (Å²) in [6.07, 6.45) is 0. The molecule has 0 fully saturated rings. The number of hydrogen-bond acceptors (Lipinski definition) is 7. The van der Waals surface area contributed by atoms with E-state index in [0.29, 0.717) is 16.7 Å². The smallest absolute Gasteiger partial charge is 0.328 e. The molecule has 2 aromatic rings. The summed E-state index contributed by atoms with van der Waals surface area (Å²) in [6, 6.07) is 7.02. The Balaban J connectivity index is 2.28. The van der Waals surface area contributed by atoms with Gasteiger partial charge in [-0.3, -0.25) is 5.43 Å². The Kier molecular flexibility index (Phi) is 3.98. The van der Waals surface area contributed by atoms with Gasteiger partial charge in [-0.2, -0.15) is 15.0 Å². The topological polar surface area (TPSA) is 89.2 Å². The maximum atomic E-state index is 5.80. The predicted molar refractivity (Wildman–Crippen MR) is 73.5 cm³/mol. The Hall–Kier alpha value is -2.12. The number of hydrogen-bond donors (Lipinski definition) is 2. The second kappa shape index (κ2) is 5.68. The summed E-state index contributed by atoms with van der Waals surface area (Å²) in [5.41, 5.74) is 2.37. The number of rotatable bonds is 4. The molecule has 1 aromatic carbocycles. The Bertz CT molecular complexity index is 560. The van der Waals surface area contributed by atoms with Gasteiger partial charge in [0.05, 0.1) is 0 Å². The molecule has 0 saturated carbocycles. The number of halogens is 1. The molecule has 0 radical (unpaired) electrons. The van der Waals surface area contributed by atoms with E-state index in [-0.39, 0.29) is 12.0 Å². The van der Waals surface area contributed by atoms with Crippen molar-refractivity contribution >= 4 is 23.5 Å². The zero-order valence-electron chi connectivity index (χ0n) is 10.5. The minimum Gasteiger partial charge on any atom is -0.424 e. The number of ether oxygens (including phenoxy) is 1. The maximum Gasteiger partial charge on any atom is 0.328 e. The van der Waals surface area contributed by atoms with Crippen molar-refractivity contribution in [2.45, 2.75) is 0 Å². The molecule has 0 aliphatic carbocycles. The summed E-state index contributed by atoms with van der Waals surface area (Å²) in [7, 11) is 3.61. The van der Waals surface area contributed by atoms with Gasteiger partial charge in [-0.1, -0.05) is 11.6 Å². The minimum atomic E-state index is 0.147. The highest BCUT2D eigenvalue weighted by Crippen LogP contribution is 2.22. The molecule has 0 aliphatic rings. The van der Waals surface area contributed by atoms with Gasteiger partial charge in [0.1, 0.15) is 5.75 Å². The minimum absolute atomic E-state index is 0.147. The molecule has 7 nitrogen and oxygen atoms in total. The molecule has 1 aromatic heterocycles. The molecule has 8 heteroatoms. The fraction of sp³-hybridized carbons (Fsp3) is 0.182. The van der Waals surface area contributed by atoms with Crippen molar-refractivity contribution in [3.8, 4) is 11.8 Å². The first-order valence-corrected chi connectivity index (χ1v) is 5.79. The van der Waals surface area contributed by atoms with Crippen LogP contribution in [0.5, 0.6) is 11.8 Å². The first-order chi connectivity index (χ1) is 9.08. The second-order valence-corrected chi connectivity index (χ2v) is 4.27. The van der Waals surface area contributed by atoms with Gasteiger partial charge in [-0.15, -0.1) is 0 Å². The molecule has 100 valence electrons. The molecular weight excluding hydrogens is 268 g/mol. The number of anilines is 2. The van der Waals surface area contributed by atoms with E-state index < -0.39 is 0 Å². The van der Waals surface area contributed by atoms with E-state index in [9.17, 15) is 0 Å². The number of aromatic nitrogens is 3. The number of hydrazine groups is 1. The average Bonchev–Trinajstić information content (AvgIpc) is 2.41. The predicted octanol–water partition coefficient (Wildman–Crippen LogP) is 1.67. The van der Waals surface area contributed by atoms with Crippen LogP contribution in [0.25, 0.3) is 0 Å². The van der Waals surface area contributed by atoms with Crippen LogP contribution < -0.4 is 20.9 Å². The lowest BCUT2D eigenvalue weighted by molar-refractivity contribution is 0.440. The number of nitrogens with two attached hydrogens (primary N) is 1. The Morgan fingerprint density at radius 1 is 1.16 bits per heavy atom. The Morgan fingerprint density at radius 2 is 1.84 bits per heavy atom. The normalized spacial score (nSPS) is 10.1. The van der Waals surface area contributed by atoms with Gasteiger partial charge in [0.25, 0.3) is 0 Å². The molecule has 0 aliphatic heterocycles. The van der Waals surface area contributed by atoms with Gasteiger partial charge in [-0.05, 0) is 24.3 Å². The van der Waals surface area contributed by atoms with Crippen LogP contribution in [0.3, 0.4) is 0 Å². The van der Waals surface area contributed by atoms with Crippen molar-refractivity contribution in [2.24, 2.45) is 5.84 Å². The summed E-state index contributed by atoms with van der Waals surface area (Å²) in [5, 5.41) is 0.626. The standard InChI is InChI=1S/C11H13ClN6O/c1-18(2)10-14-9(17-13)15-11(16-10)19-8-5-3-7(12)4-6-8/h3-6H,13H2,1-2H3,(H,14,15,16,17). The zero-order chi connectivity index (χ0) is 13.8. The highest BCUT2D eigenvalue weighted by atomic mass is 35.5. The molecule has 0 spiro atoms. The van der Waals surface area contributed by atoms with Gasteiger partial charge in [0, 0.05) is 19.1 Å². The summed E-state index contributed by atoms with van der Waals surface area (Å²) >= 11 is 5.80. The molecule has 0 bridgehead atoms. The van der Waals surface area contributed by atoms with Crippen LogP contribution in [-0.4, -0.2) is 29.0 Å². The SMILES string of the molecule is CN(C)c1nc(NN)nc(Oc2ccc(Cl)cc2)n1. The molecule has 0 unspecified atom stereocenters. The first-order valence-electron chi connectivity index (χ1n) is 5.42. The molecule has 3 N–H and O–H groups in total. The third-order valence-electron chi connectivity index (χ3n) is 2.15. The van der Waals surface area contributed by atoms with E-state index in [4.69, 9.17) is 22.2 Å². The lowest BCUT2D eigenvalue weighted by Gasteiger charge is -2.12. The maximum absolute atomic E-state index is 5.80. The summed E-state index contributed by atoms with van der Waals surface area (Å²) in [4.78, 5) is 14.0. The Morgan fingerprint density at radius 3 is 2.42 bits per heavy atom. The van der Waals surface area contributed by atoms with Crippen molar-refractivity contribution in [3.05, 3.63) is 29.3 Å². The third kappa shape index (κ3) is 3.43. The quantitative estimate of drug-likeness (QED) is 0.650. The van der Waals surface area contributed by atoms with E-state index in [0.717, 1.165) is 0 Å². The van der Waals surface area contributed by atoms with Gasteiger partial charge in [-0.25, -0.2) is 5.84 Å². The largest absolute Gasteiger partial charge is 0.424 e. The van der Waals surface area contributed by atoms with Crippen LogP contribution in [0.1, 0.15) is 0 Å². The van der Waals surface area contributed by atoms with Gasteiger partial charge < -0.3 is 9.64 Å². The second-order valence-electron chi connectivity index (χ2n) is 3.84. The lowest BCUT2D eigenvalue weighted by Crippen LogP contribution is -2.17. The van der Waals surface area contributed by atoms with Crippen LogP contribution in [0.2, 0.25) is 5.02 Å². The number of nitrogens with zero attached hydrogens (tertiary/aromatic N) is 4. The molecule has 1 heterocycles. The van der Waals surface area contributed by atoms with Gasteiger partial charge >= 0.3 is 6.01 Å². The van der Waals surface area contributed by atoms with Crippen molar-refractivity contribution in [1.82, 2.24) is 15.0 Å². The number of nitrogens with one attached hydrogen (secondary N) is 1. The summed E-state index contributed by atoms with van der Waals surface area (Å²) in [6.45, 7) is 0. The first kappa shape index (κ1) is 13.3. The van der Waals surface area contributed by atoms with Crippen LogP contribution >= 0.6 is 11.6 Å². The number of benzene rings is 1. The van der Waals surface area contributed by atoms with Crippen LogP contribution in [-0.2, 0) is 0 Å². The van der Waals surface area contributed by atoms with Crippen molar-refractivity contribution in [1.29, 1.82) is 0 Å². The van der Waals surface area contributed by atoms with E-state index in [2.05, 4.69) is 20.4 Å². The van der Waals surface area contributed by atoms with E-state index in [1.54, 1.807) is 29.2 Å². The van der Waals surface area contributed by atoms with E-state index in [1.807, 2.05) is 14.1 Å². The summed E-state index contributed by atoms with van der Waals surface area (Å²) < 4.78 is 5.52. The molecular formula is C11H13ClN6O. The van der Waals surface area contributed by atoms with E-state index in [1.165, 1.54) is 0 Å². The highest BCUT2D eigenvalue weighted by molar-refractivity contribution is 6.30. The van der Waals surface area contributed by atoms with Gasteiger partial charge in [0.15, 0.2) is 0 Å². The molecule has 19 heavy (non-hydrogen) atoms. The van der Waals surface area contributed by atoms with Gasteiger partial charge in [0.2, 0.25) is 11.9 Å². The Labute approximate surface area is 115 Å². The molecule has 2 rings (SSSR count). The molecule has 0 atom stereocenters. The monoisotopic (exact) mass is 280 g/mol. The van der Waals surface area contributed by atoms with Crippen molar-refractivity contribution in [3.63, 3.8) is 0 Å². The van der Waals surface area contributed by atoms with Crippen LogP contribution in [0, 0.1) is 0 Å². The van der Waals surface area contributed by atoms with Crippen molar-refractivity contribution < 1.29 is 4.74 Å². The lowest BCUT2D eigenvalue weighted by atomic mass is 10.3. The summed E-state index contributed by atoms with van der Waals surface area (Å²) in [5.74, 6) is 6.54. The highest BCUT2D eigenvalue weighted by Gasteiger charge is 2.09. The van der Waals surface area contributed by atoms with E-state index >= 15 is 0 Å². The zero-order valence-corrected chi connectivity index (χ0v) is 11.2. The third-order valence-corrected chi connectivity index (χ3v) is 2.41. The fourth-order valence-electron chi connectivity index (χ4n) is 1.26. The van der Waals surface area contributed by atoms with Crippen LogP contribution in [0.4, 0.5) is 11.9 Å². The fourth-order valence-corrected chi connectivity index (χ4v) is 1.39.